The van der Waals surface area contributed by atoms with Crippen molar-refractivity contribution in [1.82, 2.24) is 15.0 Å². The highest BCUT2D eigenvalue weighted by Gasteiger charge is 2.30. The molecule has 1 aromatic heterocycles. The average Bonchev–Trinajstić information content (AvgIpc) is 3.16. The highest BCUT2D eigenvalue weighted by Crippen LogP contribution is 2.26. The number of carbonyl (C=O) groups is 1. The van der Waals surface area contributed by atoms with Gasteiger partial charge in [-0.3, -0.25) is 4.79 Å². The Kier molecular flexibility index (Phi) is 4.36. The van der Waals surface area contributed by atoms with Gasteiger partial charge in [-0.05, 0) is 43.5 Å². The maximum Gasteiger partial charge on any atom is 0.231 e. The molecule has 0 radical (unpaired) electrons. The van der Waals surface area contributed by atoms with Gasteiger partial charge in [0.25, 0.3) is 0 Å². The van der Waals surface area contributed by atoms with Crippen molar-refractivity contribution in [3.63, 3.8) is 0 Å². The Morgan fingerprint density at radius 3 is 3.00 bits per heavy atom. The fourth-order valence-electron chi connectivity index (χ4n) is 2.80. The number of amides is 1. The van der Waals surface area contributed by atoms with Gasteiger partial charge in [-0.1, -0.05) is 5.16 Å². The Balaban J connectivity index is 1.56. The number of hydrogen-bond donors (Lipinski definition) is 0. The number of hydrogen-bond acceptors (Lipinski definition) is 4. The molecule has 0 bridgehead atoms. The van der Waals surface area contributed by atoms with Gasteiger partial charge in [-0.15, -0.1) is 0 Å². The van der Waals surface area contributed by atoms with E-state index in [0.29, 0.717) is 24.8 Å². The summed E-state index contributed by atoms with van der Waals surface area (Å²) in [6, 6.07) is 3.29. The lowest BCUT2D eigenvalue weighted by Gasteiger charge is -2.15. The molecule has 7 heteroatoms. The Labute approximate surface area is 132 Å². The fourth-order valence-corrected chi connectivity index (χ4v) is 2.80. The monoisotopic (exact) mass is 321 g/mol. The summed E-state index contributed by atoms with van der Waals surface area (Å²) >= 11 is 0. The van der Waals surface area contributed by atoms with E-state index in [0.717, 1.165) is 24.6 Å². The Morgan fingerprint density at radius 1 is 1.43 bits per heavy atom. The molecule has 2 heterocycles. The van der Waals surface area contributed by atoms with E-state index in [2.05, 4.69) is 10.1 Å². The van der Waals surface area contributed by atoms with Crippen LogP contribution in [-0.4, -0.2) is 34.0 Å². The Bertz CT molecular complexity index is 717. The van der Waals surface area contributed by atoms with Crippen LogP contribution in [0.1, 0.15) is 36.0 Å². The predicted molar refractivity (Wildman–Crippen MR) is 77.7 cm³/mol. The molecule has 1 unspecified atom stereocenters. The summed E-state index contributed by atoms with van der Waals surface area (Å²) < 4.78 is 31.8. The molecule has 3 rings (SSSR count). The van der Waals surface area contributed by atoms with Gasteiger partial charge in [0.05, 0.1) is 5.92 Å². The summed E-state index contributed by atoms with van der Waals surface area (Å²) in [4.78, 5) is 18.1. The van der Waals surface area contributed by atoms with Crippen LogP contribution < -0.4 is 0 Å². The van der Waals surface area contributed by atoms with Crippen molar-refractivity contribution in [3.8, 4) is 0 Å². The van der Waals surface area contributed by atoms with Crippen LogP contribution in [0.4, 0.5) is 8.78 Å². The third-order valence-corrected chi connectivity index (χ3v) is 4.05. The molecule has 5 nitrogen and oxygen atoms in total. The minimum absolute atomic E-state index is 0.0473. The van der Waals surface area contributed by atoms with Gasteiger partial charge in [-0.25, -0.2) is 8.78 Å². The predicted octanol–water partition coefficient (Wildman–Crippen LogP) is 2.60. The molecule has 1 fully saturated rings. The standard InChI is InChI=1S/C16H17F2N3O2/c1-10-19-16(23-20-10)12-6-7-21(9-12)15(22)5-2-11-8-13(17)3-4-14(11)18/h3-4,8,12H,2,5-7,9H2,1H3. The SMILES string of the molecule is Cc1noc(C2CCN(C(=O)CCc3cc(F)ccc3F)C2)n1. The molecule has 0 saturated carbocycles. The van der Waals surface area contributed by atoms with E-state index in [4.69, 9.17) is 4.52 Å². The van der Waals surface area contributed by atoms with Crippen molar-refractivity contribution in [2.75, 3.05) is 13.1 Å². The zero-order valence-corrected chi connectivity index (χ0v) is 12.8. The van der Waals surface area contributed by atoms with Gasteiger partial charge in [0.1, 0.15) is 11.6 Å². The molecule has 1 saturated heterocycles. The number of aryl methyl sites for hydroxylation is 2. The van der Waals surface area contributed by atoms with Gasteiger partial charge in [-0.2, -0.15) is 4.98 Å². The first kappa shape index (κ1) is 15.6. The number of halogens is 2. The summed E-state index contributed by atoms with van der Waals surface area (Å²) in [5.74, 6) is 0.112. The van der Waals surface area contributed by atoms with Crippen molar-refractivity contribution < 1.29 is 18.1 Å². The summed E-state index contributed by atoms with van der Waals surface area (Å²) in [5.41, 5.74) is 0.224. The van der Waals surface area contributed by atoms with Gasteiger partial charge in [0.2, 0.25) is 11.8 Å². The van der Waals surface area contributed by atoms with Gasteiger partial charge in [0, 0.05) is 19.5 Å². The second-order valence-electron chi connectivity index (χ2n) is 5.74. The molecule has 0 aliphatic carbocycles. The topological polar surface area (TPSA) is 59.2 Å². The smallest absolute Gasteiger partial charge is 0.231 e. The highest BCUT2D eigenvalue weighted by atomic mass is 19.1. The minimum Gasteiger partial charge on any atom is -0.342 e. The van der Waals surface area contributed by atoms with E-state index in [9.17, 15) is 13.6 Å². The van der Waals surface area contributed by atoms with Gasteiger partial charge >= 0.3 is 0 Å². The lowest BCUT2D eigenvalue weighted by molar-refractivity contribution is -0.130. The van der Waals surface area contributed by atoms with Crippen molar-refractivity contribution in [1.29, 1.82) is 0 Å². The zero-order chi connectivity index (χ0) is 16.4. The second kappa shape index (κ2) is 6.44. The lowest BCUT2D eigenvalue weighted by Crippen LogP contribution is -2.28. The number of rotatable bonds is 4. The van der Waals surface area contributed by atoms with Crippen LogP contribution >= 0.6 is 0 Å². The van der Waals surface area contributed by atoms with E-state index in [-0.39, 0.29) is 30.2 Å². The van der Waals surface area contributed by atoms with Gasteiger partial charge < -0.3 is 9.42 Å². The van der Waals surface area contributed by atoms with Crippen LogP contribution in [0.25, 0.3) is 0 Å². The summed E-state index contributed by atoms with van der Waals surface area (Å²) in [7, 11) is 0. The first-order valence-electron chi connectivity index (χ1n) is 7.55. The zero-order valence-electron chi connectivity index (χ0n) is 12.8. The molecule has 2 aromatic rings. The quantitative estimate of drug-likeness (QED) is 0.868. The second-order valence-corrected chi connectivity index (χ2v) is 5.74. The van der Waals surface area contributed by atoms with Crippen LogP contribution in [0.15, 0.2) is 22.7 Å². The Morgan fingerprint density at radius 2 is 2.26 bits per heavy atom. The summed E-state index contributed by atoms with van der Waals surface area (Å²) in [6.07, 6.45) is 1.10. The first-order valence-corrected chi connectivity index (χ1v) is 7.55. The average molecular weight is 321 g/mol. The van der Waals surface area contributed by atoms with Crippen LogP contribution in [0.3, 0.4) is 0 Å². The third-order valence-electron chi connectivity index (χ3n) is 4.05. The molecule has 1 aromatic carbocycles. The van der Waals surface area contributed by atoms with Crippen LogP contribution in [-0.2, 0) is 11.2 Å². The number of benzene rings is 1. The molecule has 122 valence electrons. The molecule has 1 aliphatic heterocycles. The van der Waals surface area contributed by atoms with Crippen molar-refractivity contribution in [3.05, 3.63) is 47.1 Å². The number of carbonyl (C=O) groups excluding carboxylic acids is 1. The lowest BCUT2D eigenvalue weighted by atomic mass is 10.1. The molecular formula is C16H17F2N3O2. The maximum atomic E-state index is 13.6. The van der Waals surface area contributed by atoms with Crippen LogP contribution in [0, 0.1) is 18.6 Å². The number of nitrogens with zero attached hydrogens (tertiary/aromatic N) is 3. The molecule has 1 aliphatic rings. The van der Waals surface area contributed by atoms with E-state index in [1.54, 1.807) is 11.8 Å². The summed E-state index contributed by atoms with van der Waals surface area (Å²) in [6.45, 7) is 2.88. The van der Waals surface area contributed by atoms with Crippen LogP contribution in [0.2, 0.25) is 0 Å². The molecule has 1 atom stereocenters. The molecule has 1 amide bonds. The van der Waals surface area contributed by atoms with E-state index in [1.807, 2.05) is 0 Å². The van der Waals surface area contributed by atoms with E-state index < -0.39 is 11.6 Å². The third kappa shape index (κ3) is 3.55. The highest BCUT2D eigenvalue weighted by molar-refractivity contribution is 5.76. The largest absolute Gasteiger partial charge is 0.342 e. The van der Waals surface area contributed by atoms with Crippen LogP contribution in [0.5, 0.6) is 0 Å². The van der Waals surface area contributed by atoms with Crippen molar-refractivity contribution in [2.45, 2.75) is 32.1 Å². The normalized spacial score (nSPS) is 17.7. The van der Waals surface area contributed by atoms with Crippen molar-refractivity contribution >= 4 is 5.91 Å². The van der Waals surface area contributed by atoms with E-state index >= 15 is 0 Å². The number of likely N-dealkylation sites (tertiary alicyclic amines) is 1. The summed E-state index contributed by atoms with van der Waals surface area (Å²) in [5, 5.41) is 3.76. The Hall–Kier alpha value is -2.31. The first-order chi connectivity index (χ1) is 11.0. The molecule has 0 N–H and O–H groups in total. The molecule has 23 heavy (non-hydrogen) atoms. The van der Waals surface area contributed by atoms with Gasteiger partial charge in [0.15, 0.2) is 5.82 Å². The van der Waals surface area contributed by atoms with E-state index in [1.165, 1.54) is 0 Å². The van der Waals surface area contributed by atoms with Crippen molar-refractivity contribution in [2.24, 2.45) is 0 Å². The number of aromatic nitrogens is 2. The fraction of sp³-hybridized carbons (Fsp3) is 0.438. The minimum atomic E-state index is -0.498. The molecule has 0 spiro atoms. The maximum absolute atomic E-state index is 13.6. The molecular weight excluding hydrogens is 304 g/mol.